The molecule has 0 saturated heterocycles. The number of amides is 2. The van der Waals surface area contributed by atoms with E-state index in [1.807, 2.05) is 0 Å². The summed E-state index contributed by atoms with van der Waals surface area (Å²) in [6.07, 6.45) is 1.78. The summed E-state index contributed by atoms with van der Waals surface area (Å²) in [7, 11) is 0. The van der Waals surface area contributed by atoms with Crippen LogP contribution in [-0.4, -0.2) is 22.8 Å². The first kappa shape index (κ1) is 13.0. The number of carbonyl (C=O) groups is 2. The minimum Gasteiger partial charge on any atom is -0.397 e. The molecule has 0 aliphatic heterocycles. The molecular weight excluding hydrogens is 220 g/mol. The predicted octanol–water partition coefficient (Wildman–Crippen LogP) is -0.414. The summed E-state index contributed by atoms with van der Waals surface area (Å²) >= 11 is 0. The highest BCUT2D eigenvalue weighted by Gasteiger charge is 2.10. The summed E-state index contributed by atoms with van der Waals surface area (Å²) in [6, 6.07) is 3.10. The van der Waals surface area contributed by atoms with Gasteiger partial charge in [-0.3, -0.25) is 14.6 Å². The normalized spacial score (nSPS) is 11.8. The van der Waals surface area contributed by atoms with Crippen LogP contribution in [0.2, 0.25) is 0 Å². The van der Waals surface area contributed by atoms with Gasteiger partial charge in [0, 0.05) is 18.2 Å². The number of primary amides is 1. The maximum atomic E-state index is 11.6. The predicted molar refractivity (Wildman–Crippen MR) is 63.8 cm³/mol. The van der Waals surface area contributed by atoms with E-state index in [2.05, 4.69) is 10.3 Å². The number of hydrogen-bond acceptors (Lipinski definition) is 4. The van der Waals surface area contributed by atoms with Crippen LogP contribution in [0.25, 0.3) is 0 Å². The zero-order valence-electron chi connectivity index (χ0n) is 9.64. The van der Waals surface area contributed by atoms with Gasteiger partial charge >= 0.3 is 0 Å². The van der Waals surface area contributed by atoms with Crippen LogP contribution in [0.4, 0.5) is 5.69 Å². The van der Waals surface area contributed by atoms with Gasteiger partial charge in [0.15, 0.2) is 0 Å². The van der Waals surface area contributed by atoms with Crippen LogP contribution in [-0.2, 0) is 16.0 Å². The summed E-state index contributed by atoms with van der Waals surface area (Å²) in [6.45, 7) is 1.72. The van der Waals surface area contributed by atoms with Gasteiger partial charge in [-0.2, -0.15) is 0 Å². The van der Waals surface area contributed by atoms with Crippen LogP contribution in [0, 0.1) is 0 Å². The van der Waals surface area contributed by atoms with Crippen LogP contribution >= 0.6 is 0 Å². The Morgan fingerprint density at radius 3 is 2.71 bits per heavy atom. The molecule has 1 heterocycles. The van der Waals surface area contributed by atoms with Crippen molar-refractivity contribution in [1.82, 2.24) is 10.3 Å². The van der Waals surface area contributed by atoms with Gasteiger partial charge in [-0.05, 0) is 19.1 Å². The molecule has 1 unspecified atom stereocenters. The van der Waals surface area contributed by atoms with Gasteiger partial charge in [-0.15, -0.1) is 0 Å². The Morgan fingerprint density at radius 2 is 2.18 bits per heavy atom. The summed E-state index contributed by atoms with van der Waals surface area (Å²) in [5, 5.41) is 2.66. The van der Waals surface area contributed by atoms with Crippen molar-refractivity contribution in [1.29, 1.82) is 0 Å². The maximum Gasteiger partial charge on any atom is 0.226 e. The zero-order chi connectivity index (χ0) is 12.8. The number of hydrogen-bond donors (Lipinski definition) is 3. The molecule has 1 atom stereocenters. The summed E-state index contributed by atoms with van der Waals surface area (Å²) in [4.78, 5) is 26.2. The van der Waals surface area contributed by atoms with Crippen molar-refractivity contribution in [3.05, 3.63) is 24.0 Å². The largest absolute Gasteiger partial charge is 0.397 e. The van der Waals surface area contributed by atoms with Crippen LogP contribution in [0.5, 0.6) is 0 Å². The van der Waals surface area contributed by atoms with E-state index in [0.29, 0.717) is 11.4 Å². The topological polar surface area (TPSA) is 111 Å². The Hall–Kier alpha value is -2.11. The molecule has 0 spiro atoms. The molecule has 92 valence electrons. The maximum absolute atomic E-state index is 11.6. The zero-order valence-corrected chi connectivity index (χ0v) is 9.64. The molecule has 2 amide bonds. The molecule has 17 heavy (non-hydrogen) atoms. The van der Waals surface area contributed by atoms with Gasteiger partial charge in [0.2, 0.25) is 11.8 Å². The van der Waals surface area contributed by atoms with Crippen LogP contribution < -0.4 is 16.8 Å². The van der Waals surface area contributed by atoms with Gasteiger partial charge in [-0.1, -0.05) is 0 Å². The second-order valence-electron chi connectivity index (χ2n) is 3.90. The molecule has 0 aliphatic rings. The van der Waals surface area contributed by atoms with E-state index in [9.17, 15) is 9.59 Å². The van der Waals surface area contributed by atoms with E-state index in [4.69, 9.17) is 11.5 Å². The van der Waals surface area contributed by atoms with Crippen molar-refractivity contribution in [3.8, 4) is 0 Å². The number of nitrogens with zero attached hydrogens (tertiary/aromatic N) is 1. The third-order valence-electron chi connectivity index (χ3n) is 2.10. The molecule has 0 fully saturated rings. The van der Waals surface area contributed by atoms with Crippen LogP contribution in [0.15, 0.2) is 18.3 Å². The molecule has 1 aromatic rings. The van der Waals surface area contributed by atoms with Gasteiger partial charge in [0.05, 0.1) is 18.3 Å². The third-order valence-corrected chi connectivity index (χ3v) is 2.10. The van der Waals surface area contributed by atoms with E-state index >= 15 is 0 Å². The average Bonchev–Trinajstić information content (AvgIpc) is 2.19. The molecule has 0 aliphatic carbocycles. The van der Waals surface area contributed by atoms with Crippen LogP contribution in [0.3, 0.4) is 0 Å². The Bertz CT molecular complexity index is 402. The molecule has 6 heteroatoms. The molecule has 0 radical (unpaired) electrons. The molecule has 5 N–H and O–H groups in total. The number of carbonyl (C=O) groups excluding carboxylic acids is 2. The number of nitrogens with one attached hydrogen (secondary N) is 1. The molecule has 0 saturated carbocycles. The van der Waals surface area contributed by atoms with Gasteiger partial charge in [0.1, 0.15) is 0 Å². The minimum atomic E-state index is -0.441. The lowest BCUT2D eigenvalue weighted by atomic mass is 10.2. The highest BCUT2D eigenvalue weighted by atomic mass is 16.2. The molecule has 1 rings (SSSR count). The van der Waals surface area contributed by atoms with Crippen molar-refractivity contribution >= 4 is 17.5 Å². The summed E-state index contributed by atoms with van der Waals surface area (Å²) in [5.41, 5.74) is 11.7. The Morgan fingerprint density at radius 1 is 1.47 bits per heavy atom. The SMILES string of the molecule is CC(CC(N)=O)NC(=O)Cc1ccc(N)cn1. The van der Waals surface area contributed by atoms with Crippen LogP contribution in [0.1, 0.15) is 19.0 Å². The number of nitrogen functional groups attached to an aromatic ring is 1. The Kier molecular flexibility index (Phi) is 4.45. The highest BCUT2D eigenvalue weighted by Crippen LogP contribution is 2.02. The summed E-state index contributed by atoms with van der Waals surface area (Å²) < 4.78 is 0. The van der Waals surface area contributed by atoms with Crippen molar-refractivity contribution < 1.29 is 9.59 Å². The number of rotatable bonds is 5. The summed E-state index contributed by atoms with van der Waals surface area (Å²) in [5.74, 6) is -0.639. The van der Waals surface area contributed by atoms with Crippen molar-refractivity contribution in [3.63, 3.8) is 0 Å². The van der Waals surface area contributed by atoms with E-state index in [1.54, 1.807) is 19.1 Å². The fraction of sp³-hybridized carbons (Fsp3) is 0.364. The molecule has 1 aromatic heterocycles. The van der Waals surface area contributed by atoms with E-state index in [1.165, 1.54) is 6.20 Å². The number of anilines is 1. The monoisotopic (exact) mass is 236 g/mol. The standard InChI is InChI=1S/C11H16N4O2/c1-7(4-10(13)16)15-11(17)5-9-3-2-8(12)6-14-9/h2-3,6-7H,4-5,12H2,1H3,(H2,13,16)(H,15,17). The fourth-order valence-corrected chi connectivity index (χ4v) is 1.38. The molecule has 0 bridgehead atoms. The van der Waals surface area contributed by atoms with E-state index < -0.39 is 5.91 Å². The lowest BCUT2D eigenvalue weighted by Crippen LogP contribution is -2.36. The quantitative estimate of drug-likeness (QED) is 0.645. The van der Waals surface area contributed by atoms with Crippen molar-refractivity contribution in [2.75, 3.05) is 5.73 Å². The minimum absolute atomic E-state index is 0.126. The van der Waals surface area contributed by atoms with E-state index in [0.717, 1.165) is 0 Å². The van der Waals surface area contributed by atoms with Crippen molar-refractivity contribution in [2.45, 2.75) is 25.8 Å². The fourth-order valence-electron chi connectivity index (χ4n) is 1.38. The first-order chi connectivity index (χ1) is 7.97. The average molecular weight is 236 g/mol. The second kappa shape index (κ2) is 5.83. The Balaban J connectivity index is 2.44. The second-order valence-corrected chi connectivity index (χ2v) is 3.90. The third kappa shape index (κ3) is 4.96. The number of nitrogens with two attached hydrogens (primary N) is 2. The molecular formula is C11H16N4O2. The Labute approximate surface area is 99.4 Å². The van der Waals surface area contributed by atoms with E-state index in [-0.39, 0.29) is 24.8 Å². The van der Waals surface area contributed by atoms with Gasteiger partial charge in [0.25, 0.3) is 0 Å². The van der Waals surface area contributed by atoms with Crippen molar-refractivity contribution in [2.24, 2.45) is 5.73 Å². The smallest absolute Gasteiger partial charge is 0.226 e. The van der Waals surface area contributed by atoms with Gasteiger partial charge < -0.3 is 16.8 Å². The number of aromatic nitrogens is 1. The number of pyridine rings is 1. The van der Waals surface area contributed by atoms with Gasteiger partial charge in [-0.25, -0.2) is 0 Å². The first-order valence-corrected chi connectivity index (χ1v) is 5.25. The lowest BCUT2D eigenvalue weighted by Gasteiger charge is -2.11. The first-order valence-electron chi connectivity index (χ1n) is 5.25. The molecule has 6 nitrogen and oxygen atoms in total. The molecule has 0 aromatic carbocycles. The lowest BCUT2D eigenvalue weighted by molar-refractivity contribution is -0.121. The highest BCUT2D eigenvalue weighted by molar-refractivity contribution is 5.80.